The van der Waals surface area contributed by atoms with Gasteiger partial charge in [-0.3, -0.25) is 13.9 Å². The van der Waals surface area contributed by atoms with Crippen LogP contribution in [0.5, 0.6) is 5.75 Å². The fourth-order valence-corrected chi connectivity index (χ4v) is 7.01. The van der Waals surface area contributed by atoms with Gasteiger partial charge < -0.3 is 15.0 Å². The highest BCUT2D eigenvalue weighted by atomic mass is 79.9. The smallest absolute Gasteiger partial charge is 0.264 e. The Kier molecular flexibility index (Phi) is 12.3. The summed E-state index contributed by atoms with van der Waals surface area (Å²) in [6.07, 6.45) is 0.924. The number of rotatable bonds is 14. The van der Waals surface area contributed by atoms with Crippen LogP contribution in [0, 0.1) is 0 Å². The molecule has 0 fully saturated rings. The predicted octanol–water partition coefficient (Wildman–Crippen LogP) is 6.86. The molecule has 0 radical (unpaired) electrons. The minimum atomic E-state index is -4.25. The number of nitrogens with zero attached hydrogens (tertiary/aromatic N) is 2. The number of hydrogen-bond acceptors (Lipinski definition) is 5. The maximum absolute atomic E-state index is 14.6. The van der Waals surface area contributed by atoms with Crippen LogP contribution >= 0.6 is 27.5 Å². The highest BCUT2D eigenvalue weighted by molar-refractivity contribution is 9.10. The molecule has 4 aromatic carbocycles. The fourth-order valence-electron chi connectivity index (χ4n) is 4.89. The summed E-state index contributed by atoms with van der Waals surface area (Å²) >= 11 is 9.94. The van der Waals surface area contributed by atoms with Crippen LogP contribution in [-0.4, -0.2) is 50.9 Å². The van der Waals surface area contributed by atoms with Gasteiger partial charge in [0.05, 0.1) is 22.7 Å². The van der Waals surface area contributed by atoms with Gasteiger partial charge in [-0.15, -0.1) is 0 Å². The topological polar surface area (TPSA) is 96.0 Å². The highest BCUT2D eigenvalue weighted by Crippen LogP contribution is 2.32. The molecule has 2 amide bonds. The van der Waals surface area contributed by atoms with Crippen molar-refractivity contribution in [2.24, 2.45) is 0 Å². The molecule has 0 aliphatic rings. The van der Waals surface area contributed by atoms with Crippen LogP contribution in [0.15, 0.2) is 112 Å². The van der Waals surface area contributed by atoms with Crippen LogP contribution in [-0.2, 0) is 32.6 Å². The Morgan fingerprint density at radius 3 is 2.17 bits per heavy atom. The van der Waals surface area contributed by atoms with Crippen molar-refractivity contribution >= 4 is 55.1 Å². The molecule has 46 heavy (non-hydrogen) atoms. The molecule has 0 bridgehead atoms. The lowest BCUT2D eigenvalue weighted by atomic mass is 10.0. The second-order valence-corrected chi connectivity index (χ2v) is 14.0. The summed E-state index contributed by atoms with van der Waals surface area (Å²) in [5, 5.41) is 3.22. The zero-order valence-corrected chi connectivity index (χ0v) is 29.1. The van der Waals surface area contributed by atoms with Crippen LogP contribution in [0.3, 0.4) is 0 Å². The number of methoxy groups -OCH3 is 1. The van der Waals surface area contributed by atoms with E-state index in [0.717, 1.165) is 19.9 Å². The van der Waals surface area contributed by atoms with Gasteiger partial charge in [-0.05, 0) is 66.9 Å². The summed E-state index contributed by atoms with van der Waals surface area (Å²) in [5.74, 6) is -0.534. The molecule has 8 nitrogen and oxygen atoms in total. The largest absolute Gasteiger partial charge is 0.495 e. The normalized spacial score (nSPS) is 12.5. The SMILES string of the molecule is CCC(C)NC(=O)C(Cc1ccccc1)N(Cc1cccc(Br)c1)C(=O)CN(c1ccc(OC)c(Cl)c1)S(=O)(=O)c1ccccc1. The number of anilines is 1. The van der Waals surface area contributed by atoms with Gasteiger partial charge >= 0.3 is 0 Å². The van der Waals surface area contributed by atoms with Crippen molar-refractivity contribution in [2.75, 3.05) is 18.0 Å². The van der Waals surface area contributed by atoms with Gasteiger partial charge in [-0.2, -0.15) is 0 Å². The third-order valence-corrected chi connectivity index (χ3v) is 10.1. The van der Waals surface area contributed by atoms with Crippen LogP contribution < -0.4 is 14.4 Å². The first-order chi connectivity index (χ1) is 22.0. The Balaban J connectivity index is 1.83. The van der Waals surface area contributed by atoms with E-state index in [1.807, 2.05) is 68.4 Å². The molecule has 11 heteroatoms. The quantitative estimate of drug-likeness (QED) is 0.153. The van der Waals surface area contributed by atoms with Crippen molar-refractivity contribution in [3.05, 3.63) is 124 Å². The van der Waals surface area contributed by atoms with E-state index in [2.05, 4.69) is 21.2 Å². The molecule has 0 aromatic heterocycles. The number of hydrogen-bond donors (Lipinski definition) is 1. The number of benzene rings is 4. The van der Waals surface area contributed by atoms with E-state index >= 15 is 0 Å². The number of amides is 2. The van der Waals surface area contributed by atoms with E-state index in [0.29, 0.717) is 12.2 Å². The molecule has 242 valence electrons. The van der Waals surface area contributed by atoms with Gasteiger partial charge in [0.2, 0.25) is 11.8 Å². The van der Waals surface area contributed by atoms with E-state index in [9.17, 15) is 18.0 Å². The van der Waals surface area contributed by atoms with E-state index in [1.54, 1.807) is 24.3 Å². The van der Waals surface area contributed by atoms with Crippen LogP contribution in [0.4, 0.5) is 5.69 Å². The summed E-state index contributed by atoms with van der Waals surface area (Å²) < 4.78 is 35.4. The van der Waals surface area contributed by atoms with Gasteiger partial charge in [0.15, 0.2) is 0 Å². The average molecular weight is 727 g/mol. The van der Waals surface area contributed by atoms with Crippen molar-refractivity contribution in [1.29, 1.82) is 0 Å². The minimum Gasteiger partial charge on any atom is -0.495 e. The molecule has 2 atom stereocenters. The van der Waals surface area contributed by atoms with Gasteiger partial charge in [0.25, 0.3) is 10.0 Å². The van der Waals surface area contributed by atoms with Gasteiger partial charge in [-0.1, -0.05) is 95.1 Å². The predicted molar refractivity (Wildman–Crippen MR) is 185 cm³/mol. The summed E-state index contributed by atoms with van der Waals surface area (Å²) in [5.41, 5.74) is 1.80. The first kappa shape index (κ1) is 35.0. The van der Waals surface area contributed by atoms with Gasteiger partial charge in [0, 0.05) is 23.5 Å². The monoisotopic (exact) mass is 725 g/mol. The lowest BCUT2D eigenvalue weighted by molar-refractivity contribution is -0.140. The molecule has 0 spiro atoms. The Morgan fingerprint density at radius 1 is 0.913 bits per heavy atom. The third kappa shape index (κ3) is 8.90. The second-order valence-electron chi connectivity index (χ2n) is 10.8. The molecule has 0 heterocycles. The van der Waals surface area contributed by atoms with Gasteiger partial charge in [-0.25, -0.2) is 8.42 Å². The van der Waals surface area contributed by atoms with Crippen molar-refractivity contribution < 1.29 is 22.7 Å². The van der Waals surface area contributed by atoms with Crippen molar-refractivity contribution in [1.82, 2.24) is 10.2 Å². The molecule has 0 saturated carbocycles. The zero-order valence-electron chi connectivity index (χ0n) is 25.9. The van der Waals surface area contributed by atoms with Gasteiger partial charge in [0.1, 0.15) is 18.3 Å². The second kappa shape index (κ2) is 16.1. The standard InChI is InChI=1S/C35H37BrClN3O5S/c1-4-25(2)38-35(42)32(21-26-12-7-5-8-13-26)39(23-27-14-11-15-28(36)20-27)34(41)24-40(29-18-19-33(45-3)31(37)22-29)46(43,44)30-16-9-6-10-17-30/h5-20,22,25,32H,4,21,23-24H2,1-3H3,(H,38,42). The first-order valence-electron chi connectivity index (χ1n) is 14.8. The fraction of sp³-hybridized carbons (Fsp3) is 0.257. The van der Waals surface area contributed by atoms with Crippen LogP contribution in [0.1, 0.15) is 31.4 Å². The molecular weight excluding hydrogens is 690 g/mol. The van der Waals surface area contributed by atoms with Crippen molar-refractivity contribution in [2.45, 2.75) is 50.2 Å². The first-order valence-corrected chi connectivity index (χ1v) is 17.4. The minimum absolute atomic E-state index is 0.00336. The van der Waals surface area contributed by atoms with E-state index in [4.69, 9.17) is 16.3 Å². The zero-order chi connectivity index (χ0) is 33.3. The maximum Gasteiger partial charge on any atom is 0.264 e. The van der Waals surface area contributed by atoms with E-state index in [1.165, 1.54) is 36.3 Å². The average Bonchev–Trinajstić information content (AvgIpc) is 3.05. The van der Waals surface area contributed by atoms with Crippen LogP contribution in [0.25, 0.3) is 0 Å². The molecular formula is C35H37BrClN3O5S. The maximum atomic E-state index is 14.6. The summed E-state index contributed by atoms with van der Waals surface area (Å²) in [7, 11) is -2.79. The van der Waals surface area contributed by atoms with Crippen molar-refractivity contribution in [3.63, 3.8) is 0 Å². The summed E-state index contributed by atoms with van der Waals surface area (Å²) in [6, 6.07) is 28.2. The Labute approximate surface area is 284 Å². The molecule has 0 aliphatic carbocycles. The Hall–Kier alpha value is -3.86. The molecule has 1 N–H and O–H groups in total. The molecule has 0 aliphatic heterocycles. The Morgan fingerprint density at radius 2 is 1.57 bits per heavy atom. The number of sulfonamides is 1. The highest BCUT2D eigenvalue weighted by Gasteiger charge is 2.35. The third-order valence-electron chi connectivity index (χ3n) is 7.55. The van der Waals surface area contributed by atoms with Crippen LogP contribution in [0.2, 0.25) is 5.02 Å². The lowest BCUT2D eigenvalue weighted by Gasteiger charge is -2.34. The molecule has 4 rings (SSSR count). The number of nitrogens with one attached hydrogen (secondary N) is 1. The molecule has 2 unspecified atom stereocenters. The number of ether oxygens (including phenoxy) is 1. The summed E-state index contributed by atoms with van der Waals surface area (Å²) in [4.78, 5) is 30.0. The number of carbonyl (C=O) groups is 2. The number of halogens is 2. The van der Waals surface area contributed by atoms with E-state index in [-0.39, 0.29) is 40.5 Å². The Bertz CT molecular complexity index is 1740. The molecule has 4 aromatic rings. The van der Waals surface area contributed by atoms with Crippen molar-refractivity contribution in [3.8, 4) is 5.75 Å². The number of carbonyl (C=O) groups excluding carboxylic acids is 2. The van der Waals surface area contributed by atoms with E-state index < -0.39 is 28.5 Å². The summed E-state index contributed by atoms with van der Waals surface area (Å²) in [6.45, 7) is 3.34. The molecule has 0 saturated heterocycles. The lowest BCUT2D eigenvalue weighted by Crippen LogP contribution is -2.54.